The minimum Gasteiger partial charge on any atom is -0.430 e. The summed E-state index contributed by atoms with van der Waals surface area (Å²) in [6.07, 6.45) is 4.01. The molecule has 3 nitrogen and oxygen atoms in total. The molecule has 0 aromatic heterocycles. The molecule has 1 aliphatic heterocycles. The zero-order valence-electron chi connectivity index (χ0n) is 12.2. The molecule has 4 rings (SSSR count). The van der Waals surface area contributed by atoms with Crippen LogP contribution in [0.1, 0.15) is 46.5 Å². The van der Waals surface area contributed by atoms with Gasteiger partial charge in [-0.1, -0.05) is 13.8 Å². The molecule has 5 heteroatoms. The molecule has 2 bridgehead atoms. The molecule has 3 aliphatic carbocycles. The summed E-state index contributed by atoms with van der Waals surface area (Å²) in [4.78, 5) is 0. The Kier molecular flexibility index (Phi) is 3.45. The minimum absolute atomic E-state index is 0.310. The van der Waals surface area contributed by atoms with Gasteiger partial charge in [-0.3, -0.25) is 0 Å². The quantitative estimate of drug-likeness (QED) is 0.637. The number of fused-ring (bicyclic) bond motifs is 2. The van der Waals surface area contributed by atoms with E-state index in [0.29, 0.717) is 30.7 Å². The Hall–Kier alpha value is 0.235. The van der Waals surface area contributed by atoms with E-state index in [1.54, 1.807) is 0 Å². The Labute approximate surface area is 122 Å². The van der Waals surface area contributed by atoms with Gasteiger partial charge >= 0.3 is 0 Å². The van der Waals surface area contributed by atoms with Crippen molar-refractivity contribution in [3.8, 4) is 0 Å². The number of nitrogens with zero attached hydrogens (tertiary/aromatic N) is 1. The lowest BCUT2D eigenvalue weighted by atomic mass is 9.43. The van der Waals surface area contributed by atoms with Crippen molar-refractivity contribution >= 4 is 19.3 Å². The van der Waals surface area contributed by atoms with Gasteiger partial charge in [0, 0.05) is 12.5 Å². The molecule has 0 amide bonds. The largest absolute Gasteiger partial charge is 0.430 e. The van der Waals surface area contributed by atoms with Crippen LogP contribution in [-0.2, 0) is 4.65 Å². The Bertz CT molecular complexity index is 367. The molecule has 4 fully saturated rings. The van der Waals surface area contributed by atoms with Crippen LogP contribution in [-0.4, -0.2) is 41.2 Å². The highest BCUT2D eigenvalue weighted by atomic mass is 35.5. The van der Waals surface area contributed by atoms with Gasteiger partial charge in [0.25, 0.3) is 7.48 Å². The van der Waals surface area contributed by atoms with Crippen molar-refractivity contribution in [2.75, 3.05) is 6.54 Å². The Morgan fingerprint density at radius 1 is 1.32 bits per heavy atom. The molecular formula is C14H25BClNO2. The summed E-state index contributed by atoms with van der Waals surface area (Å²) in [7, 11) is 0.647. The molecule has 0 unspecified atom stereocenters. The van der Waals surface area contributed by atoms with Crippen LogP contribution < -0.4 is 0 Å². The van der Waals surface area contributed by atoms with Gasteiger partial charge < -0.3 is 9.76 Å². The van der Waals surface area contributed by atoms with Crippen molar-refractivity contribution < 1.29 is 9.76 Å². The summed E-state index contributed by atoms with van der Waals surface area (Å²) < 4.78 is 8.12. The Morgan fingerprint density at radius 2 is 2.05 bits per heavy atom. The normalized spacial score (nSPS) is 48.9. The Balaban J connectivity index is 1.67. The monoisotopic (exact) mass is 285 g/mol. The number of hydrogen-bond acceptors (Lipinski definition) is 3. The summed E-state index contributed by atoms with van der Waals surface area (Å²) >= 11 is 6.17. The van der Waals surface area contributed by atoms with Crippen LogP contribution in [0.3, 0.4) is 0 Å². The van der Waals surface area contributed by atoms with E-state index in [9.17, 15) is 5.11 Å². The molecule has 1 saturated heterocycles. The van der Waals surface area contributed by atoms with E-state index in [-0.39, 0.29) is 6.10 Å². The second kappa shape index (κ2) is 4.62. The van der Waals surface area contributed by atoms with E-state index in [2.05, 4.69) is 20.8 Å². The molecule has 0 aromatic carbocycles. The van der Waals surface area contributed by atoms with Crippen LogP contribution in [0.5, 0.6) is 0 Å². The van der Waals surface area contributed by atoms with Crippen LogP contribution in [0.4, 0.5) is 0 Å². The fourth-order valence-electron chi connectivity index (χ4n) is 4.56. The van der Waals surface area contributed by atoms with E-state index in [1.165, 1.54) is 6.42 Å². The summed E-state index contributed by atoms with van der Waals surface area (Å²) in [6, 6.07) is 0. The predicted molar refractivity (Wildman–Crippen MR) is 78.2 cm³/mol. The molecule has 3 saturated carbocycles. The molecule has 0 radical (unpaired) electrons. The molecule has 19 heavy (non-hydrogen) atoms. The zero-order chi connectivity index (χ0) is 13.8. The van der Waals surface area contributed by atoms with Crippen LogP contribution in [0.15, 0.2) is 0 Å². The van der Waals surface area contributed by atoms with E-state index in [1.807, 2.05) is 4.42 Å². The highest BCUT2D eigenvalue weighted by Crippen LogP contribution is 2.63. The first-order chi connectivity index (χ1) is 8.85. The first-order valence-corrected chi connectivity index (χ1v) is 7.94. The lowest BCUT2D eigenvalue weighted by molar-refractivity contribution is -0.234. The summed E-state index contributed by atoms with van der Waals surface area (Å²) in [5.41, 5.74) is -0.0805. The SMILES string of the molecule is CC1(C)[C@@H]2C[C@@H](O)[C@@](C)(OB[C@@H]3CCCN3Cl)[C@H]1C2. The predicted octanol–water partition coefficient (Wildman–Crippen LogP) is 2.12. The first-order valence-electron chi connectivity index (χ1n) is 7.60. The topological polar surface area (TPSA) is 32.7 Å². The van der Waals surface area contributed by atoms with Gasteiger partial charge in [-0.25, -0.2) is 4.42 Å². The van der Waals surface area contributed by atoms with Gasteiger partial charge in [-0.05, 0) is 61.6 Å². The van der Waals surface area contributed by atoms with Gasteiger partial charge in [0.05, 0.1) is 11.7 Å². The van der Waals surface area contributed by atoms with E-state index >= 15 is 0 Å². The lowest BCUT2D eigenvalue weighted by Crippen LogP contribution is -2.68. The summed E-state index contributed by atoms with van der Waals surface area (Å²) in [5.74, 6) is 1.45. The maximum absolute atomic E-state index is 10.4. The third-order valence-corrected chi connectivity index (χ3v) is 6.67. The van der Waals surface area contributed by atoms with Crippen molar-refractivity contribution in [2.45, 2.75) is 64.1 Å². The summed E-state index contributed by atoms with van der Waals surface area (Å²) in [6.45, 7) is 7.70. The van der Waals surface area contributed by atoms with Crippen LogP contribution >= 0.6 is 11.8 Å². The third-order valence-electron chi connectivity index (χ3n) is 6.22. The average Bonchev–Trinajstić information content (AvgIpc) is 2.75. The molecule has 0 spiro atoms. The lowest BCUT2D eigenvalue weighted by Gasteiger charge is -2.66. The van der Waals surface area contributed by atoms with Gasteiger partial charge in [0.1, 0.15) is 0 Å². The van der Waals surface area contributed by atoms with Crippen LogP contribution in [0.25, 0.3) is 0 Å². The molecule has 1 N–H and O–H groups in total. The second-order valence-corrected chi connectivity index (χ2v) is 7.91. The van der Waals surface area contributed by atoms with Crippen molar-refractivity contribution in [1.29, 1.82) is 0 Å². The molecule has 5 atom stereocenters. The van der Waals surface area contributed by atoms with Crippen molar-refractivity contribution in [2.24, 2.45) is 17.3 Å². The number of aliphatic hydroxyl groups is 1. The highest BCUT2D eigenvalue weighted by molar-refractivity contribution is 6.32. The molecule has 108 valence electrons. The van der Waals surface area contributed by atoms with Gasteiger partial charge in [-0.15, -0.1) is 0 Å². The van der Waals surface area contributed by atoms with E-state index < -0.39 is 5.60 Å². The number of halogens is 1. The highest BCUT2D eigenvalue weighted by Gasteiger charge is 2.63. The van der Waals surface area contributed by atoms with Crippen molar-refractivity contribution in [3.63, 3.8) is 0 Å². The molecule has 0 aromatic rings. The minimum atomic E-state index is -0.390. The third kappa shape index (κ3) is 2.07. The standard InChI is InChI=1S/C14H25BClNO2/c1-13(2)9-7-10(13)14(3,11(18)8-9)19-15-12-5-4-6-17(12)16/h9-12,15,18H,4-8H2,1-3H3/t9-,10-,11+,12-,14-/m0/s1. The van der Waals surface area contributed by atoms with Crippen LogP contribution in [0, 0.1) is 17.3 Å². The smallest absolute Gasteiger partial charge is 0.294 e. The van der Waals surface area contributed by atoms with Gasteiger partial charge in [-0.2, -0.15) is 0 Å². The van der Waals surface area contributed by atoms with Gasteiger partial charge in [0.2, 0.25) is 0 Å². The number of hydrogen-bond donors (Lipinski definition) is 1. The average molecular weight is 286 g/mol. The Morgan fingerprint density at radius 3 is 2.63 bits per heavy atom. The summed E-state index contributed by atoms with van der Waals surface area (Å²) in [5, 5.41) is 10.4. The zero-order valence-corrected chi connectivity index (χ0v) is 13.0. The number of aliphatic hydroxyl groups excluding tert-OH is 1. The van der Waals surface area contributed by atoms with Crippen molar-refractivity contribution in [3.05, 3.63) is 0 Å². The fraction of sp³-hybridized carbons (Fsp3) is 1.00. The molecule has 4 aliphatic rings. The van der Waals surface area contributed by atoms with Gasteiger partial charge in [0.15, 0.2) is 0 Å². The van der Waals surface area contributed by atoms with Crippen LogP contribution in [0.2, 0.25) is 0 Å². The molecule has 1 heterocycles. The maximum Gasteiger partial charge on any atom is 0.294 e. The fourth-order valence-corrected chi connectivity index (χ4v) is 4.84. The first kappa shape index (κ1) is 14.2. The van der Waals surface area contributed by atoms with E-state index in [4.69, 9.17) is 16.4 Å². The molecular weight excluding hydrogens is 260 g/mol. The second-order valence-electron chi connectivity index (χ2n) is 7.47. The van der Waals surface area contributed by atoms with Crippen molar-refractivity contribution in [1.82, 2.24) is 4.42 Å². The number of rotatable bonds is 3. The maximum atomic E-state index is 10.4. The van der Waals surface area contributed by atoms with E-state index in [0.717, 1.165) is 25.8 Å².